The number of rotatable bonds is 16. The van der Waals surface area contributed by atoms with Gasteiger partial charge in [-0.3, -0.25) is 15.0 Å². The summed E-state index contributed by atoms with van der Waals surface area (Å²) < 4.78 is 16.9. The fourth-order valence-electron chi connectivity index (χ4n) is 3.51. The first kappa shape index (κ1) is 30.1. The second-order valence-electron chi connectivity index (χ2n) is 8.94. The molecule has 0 aliphatic carbocycles. The molecule has 7 nitrogen and oxygen atoms in total. The Kier molecular flexibility index (Phi) is 12.9. The van der Waals surface area contributed by atoms with Gasteiger partial charge in [0.05, 0.1) is 37.2 Å². The second kappa shape index (κ2) is 17.2. The number of hydrogen-bond acceptors (Lipinski definition) is 7. The lowest BCUT2D eigenvalue weighted by molar-refractivity contribution is 0.0605. The Morgan fingerprint density at radius 1 is 0.850 bits per heavy atom. The lowest BCUT2D eigenvalue weighted by Crippen LogP contribution is -2.11. The van der Waals surface area contributed by atoms with E-state index >= 15 is 0 Å². The minimum atomic E-state index is 0.0532. The van der Waals surface area contributed by atoms with Gasteiger partial charge in [-0.1, -0.05) is 73.3 Å². The zero-order chi connectivity index (χ0) is 28.4. The first-order chi connectivity index (χ1) is 19.5. The van der Waals surface area contributed by atoms with Crippen LogP contribution in [0.1, 0.15) is 42.8 Å². The minimum absolute atomic E-state index is 0.0532. The third kappa shape index (κ3) is 11.1. The van der Waals surface area contributed by atoms with Crippen molar-refractivity contribution in [2.24, 2.45) is 15.7 Å². The number of hydrogen-bond donors (Lipinski definition) is 1. The van der Waals surface area contributed by atoms with E-state index in [9.17, 15) is 0 Å². The van der Waals surface area contributed by atoms with E-state index in [1.165, 1.54) is 6.20 Å². The van der Waals surface area contributed by atoms with Crippen molar-refractivity contribution in [1.82, 2.24) is 4.98 Å². The maximum atomic E-state index is 5.70. The number of aromatic nitrogens is 1. The average molecular weight is 539 g/mol. The van der Waals surface area contributed by atoms with Crippen LogP contribution in [-0.4, -0.2) is 43.8 Å². The smallest absolute Gasteiger partial charge is 0.137 e. The van der Waals surface area contributed by atoms with Gasteiger partial charge in [-0.25, -0.2) is 0 Å². The van der Waals surface area contributed by atoms with Crippen LogP contribution in [0.25, 0.3) is 0 Å². The lowest BCUT2D eigenvalue weighted by atomic mass is 10.1. The van der Waals surface area contributed by atoms with E-state index in [1.54, 1.807) is 24.7 Å². The van der Waals surface area contributed by atoms with E-state index in [4.69, 9.17) is 19.9 Å². The number of ether oxygens (including phenoxy) is 3. The molecule has 2 aromatic carbocycles. The number of nitrogens with zero attached hydrogens (tertiary/aromatic N) is 3. The molecule has 0 aliphatic heterocycles. The summed E-state index contributed by atoms with van der Waals surface area (Å²) in [6.45, 7) is 9.69. The summed E-state index contributed by atoms with van der Waals surface area (Å²) in [6.07, 6.45) is 10.2. The third-order valence-corrected chi connectivity index (χ3v) is 5.84. The van der Waals surface area contributed by atoms with Crippen LogP contribution in [0.5, 0.6) is 5.75 Å². The maximum absolute atomic E-state index is 5.70. The summed E-state index contributed by atoms with van der Waals surface area (Å²) in [5.74, 6) is 1.20. The van der Waals surface area contributed by atoms with Crippen LogP contribution in [0.4, 0.5) is 0 Å². The van der Waals surface area contributed by atoms with Crippen LogP contribution in [-0.2, 0) is 9.47 Å². The summed E-state index contributed by atoms with van der Waals surface area (Å²) >= 11 is 0. The second-order valence-corrected chi connectivity index (χ2v) is 8.94. The normalized spacial score (nSPS) is 13.6. The number of benzene rings is 2. The fourth-order valence-corrected chi connectivity index (χ4v) is 3.51. The number of pyridine rings is 1. The van der Waals surface area contributed by atoms with Crippen LogP contribution >= 0.6 is 0 Å². The Morgan fingerprint density at radius 2 is 1.50 bits per heavy atom. The van der Waals surface area contributed by atoms with Gasteiger partial charge < -0.3 is 19.9 Å². The van der Waals surface area contributed by atoms with Gasteiger partial charge >= 0.3 is 0 Å². The van der Waals surface area contributed by atoms with Crippen molar-refractivity contribution in [3.63, 3.8) is 0 Å². The van der Waals surface area contributed by atoms with Crippen molar-refractivity contribution in [2.75, 3.05) is 26.4 Å². The minimum Gasteiger partial charge on any atom is -0.490 e. The number of allylic oxidation sites excluding steroid dienone is 3. The molecule has 0 aliphatic rings. The Labute approximate surface area is 237 Å². The molecule has 0 saturated carbocycles. The predicted octanol–water partition coefficient (Wildman–Crippen LogP) is 6.42. The molecule has 1 heterocycles. The van der Waals surface area contributed by atoms with Gasteiger partial charge in [0, 0.05) is 18.6 Å². The third-order valence-electron chi connectivity index (χ3n) is 5.84. The first-order valence-corrected chi connectivity index (χ1v) is 13.3. The molecular formula is C33H38N4O3. The summed E-state index contributed by atoms with van der Waals surface area (Å²) in [5.41, 5.74) is 9.51. The molecule has 3 aromatic rings. The highest BCUT2D eigenvalue weighted by Gasteiger charge is 2.02. The largest absolute Gasteiger partial charge is 0.490 e. The molecule has 3 rings (SSSR count). The molecule has 7 heteroatoms. The summed E-state index contributed by atoms with van der Waals surface area (Å²) in [6, 6.07) is 24.1. The Hall–Kier alpha value is -4.49. The summed E-state index contributed by atoms with van der Waals surface area (Å²) in [7, 11) is 0. The first-order valence-electron chi connectivity index (χ1n) is 13.3. The molecule has 0 fully saturated rings. The van der Waals surface area contributed by atoms with Crippen molar-refractivity contribution in [2.45, 2.75) is 25.9 Å². The number of nitrogens with two attached hydrogens (primary N) is 1. The zero-order valence-corrected chi connectivity index (χ0v) is 23.2. The number of aliphatic imine (C=N–C) groups is 2. The molecule has 0 bridgehead atoms. The van der Waals surface area contributed by atoms with Gasteiger partial charge in [-0.2, -0.15) is 0 Å². The van der Waals surface area contributed by atoms with Crippen LogP contribution < -0.4 is 10.5 Å². The highest BCUT2D eigenvalue weighted by atomic mass is 16.5. The van der Waals surface area contributed by atoms with Gasteiger partial charge in [-0.05, 0) is 48.8 Å². The average Bonchev–Trinajstić information content (AvgIpc) is 3.01. The van der Waals surface area contributed by atoms with Crippen molar-refractivity contribution >= 4 is 12.4 Å². The quantitative estimate of drug-likeness (QED) is 0.0984. The highest BCUT2D eigenvalue weighted by molar-refractivity contribution is 5.81. The van der Waals surface area contributed by atoms with Crippen LogP contribution in [0.15, 0.2) is 125 Å². The monoisotopic (exact) mass is 538 g/mol. The topological polar surface area (TPSA) is 91.3 Å². The molecule has 2 N–H and O–H groups in total. The van der Waals surface area contributed by atoms with Crippen LogP contribution in [0, 0.1) is 0 Å². The van der Waals surface area contributed by atoms with E-state index in [-0.39, 0.29) is 12.1 Å². The van der Waals surface area contributed by atoms with Crippen molar-refractivity contribution in [1.29, 1.82) is 0 Å². The van der Waals surface area contributed by atoms with Crippen molar-refractivity contribution < 1.29 is 14.2 Å². The molecule has 0 saturated heterocycles. The molecule has 1 aromatic heterocycles. The fraction of sp³-hybridized carbons (Fsp3) is 0.242. The SMILES string of the molecule is C=C(C=N[C@H](C)c1ccccc1)/C=C\C(=C/N)OCCOCCOc1ccc(C=N[C@H](C)c2ccccc2)nc1. The molecule has 0 spiro atoms. The molecule has 0 amide bonds. The predicted molar refractivity (Wildman–Crippen MR) is 163 cm³/mol. The standard InChI is InChI=1S/C33H38N4O3/c1-26(23-35-27(2)29-10-6-4-7-11-29)14-16-32(22-34)39-20-18-38-19-21-40-33-17-15-31(37-25-33)24-36-28(3)30-12-8-5-9-13-30/h4-17,22-25,27-28H,1,18-21,34H2,2-3H3/b16-14-,32-22+,35-23?,36-24?/t27-,28-/m1/s1. The van der Waals surface area contributed by atoms with Gasteiger partial charge in [-0.15, -0.1) is 0 Å². The Morgan fingerprint density at radius 3 is 2.12 bits per heavy atom. The van der Waals surface area contributed by atoms with Crippen molar-refractivity contribution in [3.05, 3.63) is 132 Å². The molecular weight excluding hydrogens is 500 g/mol. The van der Waals surface area contributed by atoms with E-state index in [0.717, 1.165) is 22.4 Å². The van der Waals surface area contributed by atoms with Gasteiger partial charge in [0.25, 0.3) is 0 Å². The van der Waals surface area contributed by atoms with Crippen LogP contribution in [0.3, 0.4) is 0 Å². The molecule has 2 atom stereocenters. The zero-order valence-electron chi connectivity index (χ0n) is 23.2. The Balaban J connectivity index is 1.28. The van der Waals surface area contributed by atoms with E-state index in [0.29, 0.717) is 37.9 Å². The van der Waals surface area contributed by atoms with Gasteiger partial charge in [0.1, 0.15) is 24.7 Å². The maximum Gasteiger partial charge on any atom is 0.137 e. The van der Waals surface area contributed by atoms with E-state index in [2.05, 4.69) is 52.7 Å². The summed E-state index contributed by atoms with van der Waals surface area (Å²) in [4.78, 5) is 13.5. The van der Waals surface area contributed by atoms with E-state index < -0.39 is 0 Å². The highest BCUT2D eigenvalue weighted by Crippen LogP contribution is 2.17. The van der Waals surface area contributed by atoms with Gasteiger partial charge in [0.15, 0.2) is 0 Å². The van der Waals surface area contributed by atoms with Crippen LogP contribution in [0.2, 0.25) is 0 Å². The van der Waals surface area contributed by atoms with Gasteiger partial charge in [0.2, 0.25) is 0 Å². The molecule has 208 valence electrons. The molecule has 40 heavy (non-hydrogen) atoms. The molecule has 0 unspecified atom stereocenters. The van der Waals surface area contributed by atoms with Crippen molar-refractivity contribution in [3.8, 4) is 5.75 Å². The lowest BCUT2D eigenvalue weighted by Gasteiger charge is -2.09. The van der Waals surface area contributed by atoms with E-state index in [1.807, 2.05) is 61.5 Å². The molecule has 0 radical (unpaired) electrons. The summed E-state index contributed by atoms with van der Waals surface area (Å²) in [5, 5.41) is 0. The Bertz CT molecular complexity index is 1270.